The number of carboxylic acids is 1. The molecule has 0 bridgehead atoms. The number of nitrogens with zero attached hydrogens (tertiary/aromatic N) is 6. The summed E-state index contributed by atoms with van der Waals surface area (Å²) in [4.78, 5) is 78.4. The topological polar surface area (TPSA) is 202 Å². The quantitative estimate of drug-likeness (QED) is 0.109. The molecule has 0 spiro atoms. The number of ether oxygens (including phenoxy) is 1. The molecule has 3 aliphatic heterocycles. The first-order valence-corrected chi connectivity index (χ1v) is 17.5. The van der Waals surface area contributed by atoms with Gasteiger partial charge in [0.25, 0.3) is 11.8 Å². The molecule has 16 nitrogen and oxygen atoms in total. The number of likely N-dealkylation sites (N-methyl/N-ethyl adjacent to an activating group) is 1. The van der Waals surface area contributed by atoms with Gasteiger partial charge in [-0.2, -0.15) is 0 Å². The van der Waals surface area contributed by atoms with Gasteiger partial charge in [-0.15, -0.1) is 47.9 Å². The van der Waals surface area contributed by atoms with Crippen molar-refractivity contribution in [2.45, 2.75) is 18.0 Å². The van der Waals surface area contributed by atoms with Crippen LogP contribution in [-0.2, 0) is 30.5 Å². The monoisotopic (exact) mass is 836 g/mol. The number of halogens is 5. The van der Waals surface area contributed by atoms with E-state index in [0.717, 1.165) is 44.8 Å². The number of thioether (sulfide) groups is 1. The normalized spacial score (nSPS) is 18.7. The molecule has 0 aliphatic carbocycles. The molecule has 2 saturated heterocycles. The number of esters is 1. The number of aromatic nitrogens is 2. The zero-order valence-corrected chi connectivity index (χ0v) is 31.6. The lowest BCUT2D eigenvalue weighted by molar-refractivity contribution is -0.150. The van der Waals surface area contributed by atoms with Crippen molar-refractivity contribution in [3.63, 3.8) is 0 Å². The number of pyridine rings is 1. The van der Waals surface area contributed by atoms with Crippen molar-refractivity contribution in [3.8, 4) is 0 Å². The van der Waals surface area contributed by atoms with Crippen LogP contribution in [0.3, 0.4) is 0 Å². The number of thiazole rings is 1. The van der Waals surface area contributed by atoms with Crippen LogP contribution in [0.15, 0.2) is 38.9 Å². The second kappa shape index (κ2) is 17.3. The lowest BCUT2D eigenvalue weighted by Crippen LogP contribution is -2.71. The third kappa shape index (κ3) is 7.81. The predicted molar refractivity (Wildman–Crippen MR) is 198 cm³/mol. The number of aliphatic carboxylic acids is 1. The van der Waals surface area contributed by atoms with Crippen molar-refractivity contribution in [2.75, 3.05) is 70.0 Å². The van der Waals surface area contributed by atoms with Crippen molar-refractivity contribution < 1.29 is 47.0 Å². The second-order valence-corrected chi connectivity index (χ2v) is 13.8. The molecule has 23 heteroatoms. The number of aryl methyl sites for hydroxylation is 1. The number of hydrogen-bond donors (Lipinski definition) is 3. The molecule has 2 aromatic heterocycles. The van der Waals surface area contributed by atoms with Gasteiger partial charge in [-0.05, 0) is 13.1 Å². The summed E-state index contributed by atoms with van der Waals surface area (Å²) in [6.07, 6.45) is 0.923. The standard InChI is InChI=1S/C31H31F3N8O8S2.2ClH/c1-39-5-7-40(8-6-39)24-17(33)9-15-23(19(24)34)41(4-3-32)10-16(25(15)43)30(48)50-11-14-12-51-28-21(27(45)42(28)22(14)29(46)47)37-26(44)20(38-49-2)18-13-52-31(35)36-18;;/h9-10,13,21,28H,3-8,11-12H2,1-2H3,(H2,35,36)(H,37,44)(H,46,47);2*1H. The molecule has 6 rings (SSSR count). The highest BCUT2D eigenvalue weighted by Crippen LogP contribution is 2.40. The van der Waals surface area contributed by atoms with E-state index in [0.29, 0.717) is 26.2 Å². The molecule has 2 fully saturated rings. The Morgan fingerprint density at radius 3 is 2.48 bits per heavy atom. The molecular formula is C31H33Cl2F3N8O8S2. The SMILES string of the molecule is CON=C(C(=O)NC1C(=O)N2C(C(=O)O)=C(COC(=O)c3cn(CCF)c4c(F)c(N5CCN(C)CC5)c(F)cc4c3=O)CSC12)c1csc(N)n1.Cl.Cl. The average Bonchev–Trinajstić information content (AvgIpc) is 3.55. The van der Waals surface area contributed by atoms with E-state index < -0.39 is 88.7 Å². The van der Waals surface area contributed by atoms with E-state index in [1.807, 2.05) is 11.9 Å². The molecule has 2 atom stereocenters. The number of piperazine rings is 1. The summed E-state index contributed by atoms with van der Waals surface area (Å²) in [6.45, 7) is -0.459. The smallest absolute Gasteiger partial charge is 0.352 e. The first-order valence-electron chi connectivity index (χ1n) is 15.6. The minimum atomic E-state index is -1.52. The van der Waals surface area contributed by atoms with Crippen molar-refractivity contribution in [1.82, 2.24) is 24.7 Å². The van der Waals surface area contributed by atoms with Gasteiger partial charge < -0.3 is 40.1 Å². The molecule has 0 radical (unpaired) electrons. The van der Waals surface area contributed by atoms with Gasteiger partial charge in [0.2, 0.25) is 5.43 Å². The summed E-state index contributed by atoms with van der Waals surface area (Å²) in [5, 5.41) is 16.5. The number of nitrogen functional groups attached to an aromatic ring is 1. The third-order valence-electron chi connectivity index (χ3n) is 8.67. The predicted octanol–water partition coefficient (Wildman–Crippen LogP) is 1.83. The molecule has 5 heterocycles. The molecule has 0 saturated carbocycles. The number of fused-ring (bicyclic) bond motifs is 2. The van der Waals surface area contributed by atoms with E-state index in [-0.39, 0.29) is 63.9 Å². The van der Waals surface area contributed by atoms with Crippen LogP contribution < -0.4 is 21.4 Å². The molecule has 1 aromatic carbocycles. The Labute approximate surface area is 324 Å². The van der Waals surface area contributed by atoms with Gasteiger partial charge >= 0.3 is 11.9 Å². The van der Waals surface area contributed by atoms with Gasteiger partial charge in [-0.1, -0.05) is 5.16 Å². The fraction of sp³-hybridized carbons (Fsp3) is 0.387. The van der Waals surface area contributed by atoms with E-state index >= 15 is 8.78 Å². The minimum absolute atomic E-state index is 0. The Morgan fingerprint density at radius 2 is 1.87 bits per heavy atom. The Morgan fingerprint density at radius 1 is 1.17 bits per heavy atom. The summed E-state index contributed by atoms with van der Waals surface area (Å²) in [5.41, 5.74) is 2.53. The molecular weight excluding hydrogens is 804 g/mol. The van der Waals surface area contributed by atoms with E-state index in [2.05, 4.69) is 15.5 Å². The minimum Gasteiger partial charge on any atom is -0.477 e. The van der Waals surface area contributed by atoms with Crippen LogP contribution in [0, 0.1) is 11.6 Å². The highest BCUT2D eigenvalue weighted by molar-refractivity contribution is 8.00. The number of β-lactam (4-membered cyclic amide) rings is 1. The second-order valence-electron chi connectivity index (χ2n) is 11.8. The van der Waals surface area contributed by atoms with Crippen molar-refractivity contribution in [1.29, 1.82) is 0 Å². The van der Waals surface area contributed by atoms with Crippen LogP contribution in [0.5, 0.6) is 0 Å². The zero-order valence-electron chi connectivity index (χ0n) is 28.4. The largest absolute Gasteiger partial charge is 0.477 e. The number of carboxylic acid groups (broad SMARTS) is 1. The molecule has 4 N–H and O–H groups in total. The first-order chi connectivity index (χ1) is 24.9. The van der Waals surface area contributed by atoms with Gasteiger partial charge in [0.05, 0.1) is 17.4 Å². The number of benzene rings is 1. The lowest BCUT2D eigenvalue weighted by Gasteiger charge is -2.49. The average molecular weight is 838 g/mol. The van der Waals surface area contributed by atoms with Crippen LogP contribution in [0.4, 0.5) is 24.0 Å². The molecule has 2 amide bonds. The first kappa shape index (κ1) is 42.2. The van der Waals surface area contributed by atoms with Crippen LogP contribution >= 0.6 is 47.9 Å². The zero-order chi connectivity index (χ0) is 37.4. The van der Waals surface area contributed by atoms with E-state index in [1.165, 1.54) is 17.4 Å². The van der Waals surface area contributed by atoms with Crippen molar-refractivity contribution >= 4 is 99.1 Å². The van der Waals surface area contributed by atoms with Crippen LogP contribution in [0.25, 0.3) is 10.9 Å². The maximum absolute atomic E-state index is 15.9. The maximum atomic E-state index is 15.9. The maximum Gasteiger partial charge on any atom is 0.352 e. The number of oxime groups is 1. The fourth-order valence-electron chi connectivity index (χ4n) is 6.14. The molecule has 54 heavy (non-hydrogen) atoms. The summed E-state index contributed by atoms with van der Waals surface area (Å²) in [6, 6.07) is -0.345. The van der Waals surface area contributed by atoms with Gasteiger partial charge in [0.1, 0.15) is 60.3 Å². The number of alkyl halides is 1. The molecule has 2 unspecified atom stereocenters. The summed E-state index contributed by atoms with van der Waals surface area (Å²) < 4.78 is 51.3. The number of amides is 2. The molecule has 3 aliphatic rings. The number of nitrogens with two attached hydrogens (primary N) is 1. The Hall–Kier alpha value is -4.57. The Bertz CT molecular complexity index is 2110. The van der Waals surface area contributed by atoms with Crippen LogP contribution in [0.1, 0.15) is 16.1 Å². The highest BCUT2D eigenvalue weighted by Gasteiger charge is 2.54. The summed E-state index contributed by atoms with van der Waals surface area (Å²) in [5.74, 6) is -6.54. The number of nitrogens with one attached hydrogen (secondary N) is 1. The third-order valence-corrected chi connectivity index (χ3v) is 10.7. The lowest BCUT2D eigenvalue weighted by atomic mass is 10.0. The van der Waals surface area contributed by atoms with Crippen molar-refractivity contribution in [2.24, 2.45) is 5.16 Å². The van der Waals surface area contributed by atoms with Gasteiger partial charge in [-0.3, -0.25) is 19.3 Å². The number of anilines is 2. The van der Waals surface area contributed by atoms with E-state index in [4.69, 9.17) is 15.3 Å². The summed E-state index contributed by atoms with van der Waals surface area (Å²) >= 11 is 2.12. The molecule has 3 aromatic rings. The van der Waals surface area contributed by atoms with Crippen LogP contribution in [0.2, 0.25) is 0 Å². The number of hydrogen-bond acceptors (Lipinski definition) is 14. The molecule has 292 valence electrons. The fourth-order valence-corrected chi connectivity index (χ4v) is 8.01. The van der Waals surface area contributed by atoms with Gasteiger partial charge in [0, 0.05) is 49.1 Å². The van der Waals surface area contributed by atoms with E-state index in [9.17, 15) is 33.5 Å². The van der Waals surface area contributed by atoms with Gasteiger partial charge in [0.15, 0.2) is 16.7 Å². The Kier molecular flexibility index (Phi) is 13.5. The number of carbonyl (C=O) groups is 4. The van der Waals surface area contributed by atoms with Crippen molar-refractivity contribution in [3.05, 3.63) is 62.0 Å². The number of rotatable bonds is 11. The van der Waals surface area contributed by atoms with Crippen LogP contribution in [-0.4, -0.2) is 125 Å². The number of carbonyl (C=O) groups excluding carboxylic acids is 3. The Balaban J connectivity index is 0.00000325. The highest BCUT2D eigenvalue weighted by atomic mass is 35.5. The summed E-state index contributed by atoms with van der Waals surface area (Å²) in [7, 11) is 3.08. The van der Waals surface area contributed by atoms with Gasteiger partial charge in [-0.25, -0.2) is 27.7 Å². The van der Waals surface area contributed by atoms with E-state index in [1.54, 1.807) is 0 Å².